The molecule has 76 valence electrons. The standard InChI is InChI=1S/C10H10ClIO2/c1-6-3-7(11)4-9(12)8(6)5-10(13)14-2/h3-4H,5H2,1-2H3. The monoisotopic (exact) mass is 324 g/mol. The lowest BCUT2D eigenvalue weighted by molar-refractivity contribution is -0.139. The van der Waals surface area contributed by atoms with Crippen LogP contribution in [0.15, 0.2) is 12.1 Å². The number of hydrogen-bond acceptors (Lipinski definition) is 2. The highest BCUT2D eigenvalue weighted by atomic mass is 127. The van der Waals surface area contributed by atoms with Crippen LogP contribution >= 0.6 is 34.2 Å². The van der Waals surface area contributed by atoms with Crippen molar-refractivity contribution in [3.8, 4) is 0 Å². The van der Waals surface area contributed by atoms with Gasteiger partial charge in [-0.05, 0) is 52.8 Å². The zero-order valence-corrected chi connectivity index (χ0v) is 10.8. The Hall–Kier alpha value is -0.290. The average Bonchev–Trinajstić information content (AvgIpc) is 2.10. The summed E-state index contributed by atoms with van der Waals surface area (Å²) in [5, 5.41) is 0.695. The van der Waals surface area contributed by atoms with Gasteiger partial charge < -0.3 is 4.74 Å². The molecule has 0 aromatic heterocycles. The largest absolute Gasteiger partial charge is 0.469 e. The van der Waals surface area contributed by atoms with Crippen molar-refractivity contribution in [3.05, 3.63) is 31.9 Å². The zero-order valence-electron chi connectivity index (χ0n) is 7.93. The Labute approximate surface area is 102 Å². The second kappa shape index (κ2) is 4.98. The van der Waals surface area contributed by atoms with E-state index in [4.69, 9.17) is 11.6 Å². The molecule has 0 saturated heterocycles. The first-order chi connectivity index (χ1) is 6.54. The molecule has 0 atom stereocenters. The molecule has 2 nitrogen and oxygen atoms in total. The van der Waals surface area contributed by atoms with Gasteiger partial charge in [-0.1, -0.05) is 11.6 Å². The fraction of sp³-hybridized carbons (Fsp3) is 0.300. The van der Waals surface area contributed by atoms with Gasteiger partial charge in [-0.15, -0.1) is 0 Å². The molecule has 1 aromatic rings. The average molecular weight is 325 g/mol. The van der Waals surface area contributed by atoms with Gasteiger partial charge in [0.1, 0.15) is 0 Å². The van der Waals surface area contributed by atoms with Crippen molar-refractivity contribution in [2.45, 2.75) is 13.3 Å². The van der Waals surface area contributed by atoms with Gasteiger partial charge in [0.25, 0.3) is 0 Å². The molecule has 0 aliphatic heterocycles. The van der Waals surface area contributed by atoms with Crippen molar-refractivity contribution >= 4 is 40.2 Å². The van der Waals surface area contributed by atoms with Crippen molar-refractivity contribution in [3.63, 3.8) is 0 Å². The van der Waals surface area contributed by atoms with E-state index in [9.17, 15) is 4.79 Å². The molecule has 4 heteroatoms. The fourth-order valence-electron chi connectivity index (χ4n) is 1.17. The van der Waals surface area contributed by atoms with E-state index >= 15 is 0 Å². The summed E-state index contributed by atoms with van der Waals surface area (Å²) < 4.78 is 5.62. The zero-order chi connectivity index (χ0) is 10.7. The van der Waals surface area contributed by atoms with Gasteiger partial charge in [0.15, 0.2) is 0 Å². The quantitative estimate of drug-likeness (QED) is 0.617. The minimum absolute atomic E-state index is 0.228. The highest BCUT2D eigenvalue weighted by Gasteiger charge is 2.10. The number of esters is 1. The summed E-state index contributed by atoms with van der Waals surface area (Å²) in [6, 6.07) is 3.69. The fourth-order valence-corrected chi connectivity index (χ4v) is 2.58. The van der Waals surface area contributed by atoms with Crippen molar-refractivity contribution in [1.29, 1.82) is 0 Å². The normalized spacial score (nSPS) is 10.0. The van der Waals surface area contributed by atoms with E-state index in [-0.39, 0.29) is 5.97 Å². The van der Waals surface area contributed by atoms with Crippen molar-refractivity contribution in [2.24, 2.45) is 0 Å². The molecule has 14 heavy (non-hydrogen) atoms. The highest BCUT2D eigenvalue weighted by Crippen LogP contribution is 2.22. The molecule has 0 fully saturated rings. The molecule has 0 heterocycles. The first-order valence-electron chi connectivity index (χ1n) is 4.06. The number of halogens is 2. The Morgan fingerprint density at radius 3 is 2.71 bits per heavy atom. The summed E-state index contributed by atoms with van der Waals surface area (Å²) >= 11 is 8.04. The van der Waals surface area contributed by atoms with E-state index < -0.39 is 0 Å². The van der Waals surface area contributed by atoms with Crippen LogP contribution in [0.3, 0.4) is 0 Å². The molecular weight excluding hydrogens is 314 g/mol. The number of carbonyl (C=O) groups is 1. The number of benzene rings is 1. The SMILES string of the molecule is COC(=O)Cc1c(C)cc(Cl)cc1I. The van der Waals surface area contributed by atoms with Gasteiger partial charge in [-0.25, -0.2) is 0 Å². The third-order valence-electron chi connectivity index (χ3n) is 1.93. The van der Waals surface area contributed by atoms with Crippen LogP contribution in [-0.4, -0.2) is 13.1 Å². The summed E-state index contributed by atoms with van der Waals surface area (Å²) in [4.78, 5) is 11.1. The van der Waals surface area contributed by atoms with Gasteiger partial charge in [-0.3, -0.25) is 4.79 Å². The Morgan fingerprint density at radius 2 is 2.21 bits per heavy atom. The summed E-state index contributed by atoms with van der Waals surface area (Å²) in [6.07, 6.45) is 0.303. The molecule has 0 aliphatic carbocycles. The molecule has 0 unspecified atom stereocenters. The number of hydrogen-bond donors (Lipinski definition) is 0. The second-order valence-corrected chi connectivity index (χ2v) is 4.53. The number of methoxy groups -OCH3 is 1. The van der Waals surface area contributed by atoms with E-state index in [1.165, 1.54) is 7.11 Å². The van der Waals surface area contributed by atoms with Crippen LogP contribution in [-0.2, 0) is 16.0 Å². The molecule has 0 radical (unpaired) electrons. The smallest absolute Gasteiger partial charge is 0.310 e. The Bertz CT molecular complexity index is 340. The van der Waals surface area contributed by atoms with E-state index in [1.54, 1.807) is 0 Å². The molecule has 0 amide bonds. The second-order valence-electron chi connectivity index (χ2n) is 2.94. The molecule has 0 bridgehead atoms. The molecular formula is C10H10ClIO2. The van der Waals surface area contributed by atoms with Crippen LogP contribution in [0.25, 0.3) is 0 Å². The van der Waals surface area contributed by atoms with Gasteiger partial charge in [0, 0.05) is 8.59 Å². The first-order valence-corrected chi connectivity index (χ1v) is 5.51. The molecule has 1 aromatic carbocycles. The topological polar surface area (TPSA) is 26.3 Å². The third kappa shape index (κ3) is 2.85. The maximum atomic E-state index is 11.1. The van der Waals surface area contributed by atoms with Crippen LogP contribution in [0.5, 0.6) is 0 Å². The lowest BCUT2D eigenvalue weighted by Gasteiger charge is -2.07. The molecule has 0 saturated carbocycles. The van der Waals surface area contributed by atoms with Crippen LogP contribution in [0.2, 0.25) is 5.02 Å². The Kier molecular flexibility index (Phi) is 4.19. The van der Waals surface area contributed by atoms with Crippen LogP contribution in [0.1, 0.15) is 11.1 Å². The summed E-state index contributed by atoms with van der Waals surface area (Å²) in [6.45, 7) is 1.94. The number of ether oxygens (including phenoxy) is 1. The molecule has 0 N–H and O–H groups in total. The molecule has 1 rings (SSSR count). The van der Waals surface area contributed by atoms with E-state index in [0.717, 1.165) is 14.7 Å². The van der Waals surface area contributed by atoms with Gasteiger partial charge in [0.2, 0.25) is 0 Å². The predicted molar refractivity (Wildman–Crippen MR) is 64.6 cm³/mol. The van der Waals surface area contributed by atoms with Crippen molar-refractivity contribution in [2.75, 3.05) is 7.11 Å². The first kappa shape index (κ1) is 11.8. The van der Waals surface area contributed by atoms with Gasteiger partial charge in [-0.2, -0.15) is 0 Å². The molecule has 0 spiro atoms. The maximum Gasteiger partial charge on any atom is 0.310 e. The van der Waals surface area contributed by atoms with Gasteiger partial charge in [0.05, 0.1) is 13.5 Å². The number of rotatable bonds is 2. The van der Waals surface area contributed by atoms with Crippen LogP contribution in [0, 0.1) is 10.5 Å². The number of aryl methyl sites for hydroxylation is 1. The van der Waals surface area contributed by atoms with Crippen molar-refractivity contribution < 1.29 is 9.53 Å². The van der Waals surface area contributed by atoms with E-state index in [1.807, 2.05) is 19.1 Å². The maximum absolute atomic E-state index is 11.1. The van der Waals surface area contributed by atoms with Gasteiger partial charge >= 0.3 is 5.97 Å². The lowest BCUT2D eigenvalue weighted by Crippen LogP contribution is -2.07. The van der Waals surface area contributed by atoms with E-state index in [2.05, 4.69) is 27.3 Å². The van der Waals surface area contributed by atoms with E-state index in [0.29, 0.717) is 11.4 Å². The minimum atomic E-state index is -0.228. The molecule has 0 aliphatic rings. The Balaban J connectivity index is 3.02. The minimum Gasteiger partial charge on any atom is -0.469 e. The summed E-state index contributed by atoms with van der Waals surface area (Å²) in [5.74, 6) is -0.228. The van der Waals surface area contributed by atoms with Crippen molar-refractivity contribution in [1.82, 2.24) is 0 Å². The lowest BCUT2D eigenvalue weighted by atomic mass is 10.1. The number of carbonyl (C=O) groups excluding carboxylic acids is 1. The highest BCUT2D eigenvalue weighted by molar-refractivity contribution is 14.1. The predicted octanol–water partition coefficient (Wildman–Crippen LogP) is 2.97. The third-order valence-corrected chi connectivity index (χ3v) is 3.11. The summed E-state index contributed by atoms with van der Waals surface area (Å²) in [7, 11) is 1.39. The van der Waals surface area contributed by atoms with Crippen LogP contribution < -0.4 is 0 Å². The Morgan fingerprint density at radius 1 is 1.57 bits per heavy atom. The summed E-state index contributed by atoms with van der Waals surface area (Å²) in [5.41, 5.74) is 2.01. The van der Waals surface area contributed by atoms with Crippen LogP contribution in [0.4, 0.5) is 0 Å².